The van der Waals surface area contributed by atoms with Gasteiger partial charge in [-0.2, -0.15) is 0 Å². The lowest BCUT2D eigenvalue weighted by molar-refractivity contribution is -0.142. The molecule has 0 saturated heterocycles. The second kappa shape index (κ2) is 7.43. The number of hydrogen-bond donors (Lipinski definition) is 1. The van der Waals surface area contributed by atoms with Gasteiger partial charge in [0.1, 0.15) is 4.83 Å². The van der Waals surface area contributed by atoms with E-state index in [9.17, 15) is 9.59 Å². The number of thiophene rings is 1. The number of fused-ring (bicyclic) bond motifs is 1. The third kappa shape index (κ3) is 3.71. The lowest BCUT2D eigenvalue weighted by atomic mass is 10.2. The molecule has 1 atom stereocenters. The van der Waals surface area contributed by atoms with Crippen molar-refractivity contribution in [2.75, 3.05) is 0 Å². The zero-order valence-electron chi connectivity index (χ0n) is 14.5. The molecule has 7 heteroatoms. The van der Waals surface area contributed by atoms with E-state index in [1.165, 1.54) is 17.4 Å². The van der Waals surface area contributed by atoms with Crippen molar-refractivity contribution in [3.63, 3.8) is 0 Å². The highest BCUT2D eigenvalue weighted by Crippen LogP contribution is 2.27. The Labute approximate surface area is 159 Å². The second-order valence-electron chi connectivity index (χ2n) is 5.85. The van der Waals surface area contributed by atoms with Gasteiger partial charge in [0, 0.05) is 16.0 Å². The summed E-state index contributed by atoms with van der Waals surface area (Å²) in [5.41, 5.74) is 1.43. The first-order chi connectivity index (χ1) is 12.4. The molecule has 26 heavy (non-hydrogen) atoms. The van der Waals surface area contributed by atoms with Crippen LogP contribution in [0.1, 0.15) is 34.9 Å². The average Bonchev–Trinajstić information content (AvgIpc) is 2.88. The molecule has 0 unspecified atom stereocenters. The van der Waals surface area contributed by atoms with E-state index in [2.05, 4.69) is 9.97 Å². The van der Waals surface area contributed by atoms with E-state index in [0.717, 1.165) is 16.0 Å². The topological polar surface area (TPSA) is 72.0 Å². The van der Waals surface area contributed by atoms with Gasteiger partial charge < -0.3 is 9.72 Å². The van der Waals surface area contributed by atoms with Gasteiger partial charge >= 0.3 is 5.97 Å². The van der Waals surface area contributed by atoms with Crippen molar-refractivity contribution in [2.24, 2.45) is 0 Å². The number of hydrogen-bond acceptors (Lipinski definition) is 5. The summed E-state index contributed by atoms with van der Waals surface area (Å²) in [5.74, 6) is -0.220. The van der Waals surface area contributed by atoms with Gasteiger partial charge in [-0.25, -0.2) is 9.78 Å². The van der Waals surface area contributed by atoms with Gasteiger partial charge in [0.2, 0.25) is 0 Å². The molecule has 134 valence electrons. The molecule has 0 bridgehead atoms. The summed E-state index contributed by atoms with van der Waals surface area (Å²) in [4.78, 5) is 33.2. The van der Waals surface area contributed by atoms with Gasteiger partial charge in [-0.15, -0.1) is 11.3 Å². The number of aromatic amines is 1. The van der Waals surface area contributed by atoms with Crippen molar-refractivity contribution >= 4 is 45.2 Å². The Balaban J connectivity index is 1.78. The molecule has 0 amide bonds. The Kier molecular flexibility index (Phi) is 5.25. The van der Waals surface area contributed by atoms with Gasteiger partial charge in [-0.1, -0.05) is 29.8 Å². The van der Waals surface area contributed by atoms with E-state index in [1.807, 2.05) is 26.0 Å². The van der Waals surface area contributed by atoms with Crippen LogP contribution in [0.2, 0.25) is 5.02 Å². The van der Waals surface area contributed by atoms with E-state index in [-0.39, 0.29) is 5.56 Å². The summed E-state index contributed by atoms with van der Waals surface area (Å²) in [6.07, 6.45) is 2.20. The number of aryl methyl sites for hydroxylation is 2. The summed E-state index contributed by atoms with van der Waals surface area (Å²) >= 11 is 7.50. The number of carbonyl (C=O) groups excluding carboxylic acids is 1. The molecule has 0 aliphatic heterocycles. The van der Waals surface area contributed by atoms with Crippen LogP contribution in [0, 0.1) is 13.8 Å². The highest BCUT2D eigenvalue weighted by molar-refractivity contribution is 7.18. The fraction of sp³-hybridized carbons (Fsp3) is 0.211. The Bertz CT molecular complexity index is 1070. The maximum absolute atomic E-state index is 12.3. The number of nitrogens with one attached hydrogen (secondary N) is 1. The highest BCUT2D eigenvalue weighted by Gasteiger charge is 2.17. The van der Waals surface area contributed by atoms with Crippen LogP contribution in [-0.4, -0.2) is 15.9 Å². The van der Waals surface area contributed by atoms with E-state index in [0.29, 0.717) is 21.1 Å². The number of carbonyl (C=O) groups is 1. The summed E-state index contributed by atoms with van der Waals surface area (Å²) < 4.78 is 5.34. The Morgan fingerprint density at radius 2 is 2.08 bits per heavy atom. The van der Waals surface area contributed by atoms with E-state index < -0.39 is 12.1 Å². The van der Waals surface area contributed by atoms with Crippen LogP contribution in [0.5, 0.6) is 0 Å². The fourth-order valence-electron chi connectivity index (χ4n) is 2.50. The first kappa shape index (κ1) is 18.4. The molecule has 1 aromatic carbocycles. The second-order valence-corrected chi connectivity index (χ2v) is 7.46. The van der Waals surface area contributed by atoms with Gasteiger partial charge in [-0.05, 0) is 44.0 Å². The van der Waals surface area contributed by atoms with Crippen LogP contribution in [0.15, 0.2) is 35.1 Å². The maximum atomic E-state index is 12.3. The molecule has 5 nitrogen and oxygen atoms in total. The van der Waals surface area contributed by atoms with Gasteiger partial charge in [0.15, 0.2) is 11.9 Å². The van der Waals surface area contributed by atoms with Crippen molar-refractivity contribution in [3.05, 3.63) is 67.5 Å². The zero-order chi connectivity index (χ0) is 18.8. The van der Waals surface area contributed by atoms with Crippen molar-refractivity contribution in [1.29, 1.82) is 0 Å². The quantitative estimate of drug-likeness (QED) is 0.524. The predicted molar refractivity (Wildman–Crippen MR) is 105 cm³/mol. The Morgan fingerprint density at radius 1 is 1.35 bits per heavy atom. The van der Waals surface area contributed by atoms with Crippen LogP contribution < -0.4 is 5.56 Å². The highest BCUT2D eigenvalue weighted by atomic mass is 35.5. The third-order valence-corrected chi connectivity index (χ3v) is 5.48. The number of benzene rings is 1. The van der Waals surface area contributed by atoms with Crippen molar-refractivity contribution < 1.29 is 9.53 Å². The van der Waals surface area contributed by atoms with Gasteiger partial charge in [0.25, 0.3) is 5.56 Å². The van der Waals surface area contributed by atoms with E-state index in [4.69, 9.17) is 16.3 Å². The molecule has 2 aromatic heterocycles. The number of aromatic nitrogens is 2. The van der Waals surface area contributed by atoms with Crippen LogP contribution in [-0.2, 0) is 9.53 Å². The summed E-state index contributed by atoms with van der Waals surface area (Å²) in [5, 5.41) is 1.14. The third-order valence-electron chi connectivity index (χ3n) is 4.04. The Hall–Kier alpha value is -2.44. The molecule has 3 rings (SSSR count). The van der Waals surface area contributed by atoms with Crippen molar-refractivity contribution in [1.82, 2.24) is 9.97 Å². The fourth-order valence-corrected chi connectivity index (χ4v) is 3.74. The first-order valence-electron chi connectivity index (χ1n) is 8.00. The molecular formula is C19H17ClN2O3S. The minimum Gasteiger partial charge on any atom is -0.451 e. The zero-order valence-corrected chi connectivity index (χ0v) is 16.1. The smallest absolute Gasteiger partial charge is 0.331 e. The van der Waals surface area contributed by atoms with Crippen molar-refractivity contribution in [2.45, 2.75) is 26.9 Å². The SMILES string of the molecule is Cc1sc2nc([C@H](C)OC(=O)/C=C/c3ccccc3Cl)[nH]c(=O)c2c1C. The standard InChI is InChI=1S/C19H17ClN2O3S/c1-10-12(3)26-19-16(10)18(24)21-17(22-19)11(2)25-15(23)9-8-13-6-4-5-7-14(13)20/h4-9,11H,1-3H3,(H,21,22,24)/b9-8+/t11-/m0/s1. The number of H-pyrrole nitrogens is 1. The molecular weight excluding hydrogens is 372 g/mol. The first-order valence-corrected chi connectivity index (χ1v) is 9.19. The predicted octanol–water partition coefficient (Wildman–Crippen LogP) is 4.57. The number of halogens is 1. The number of nitrogens with zero attached hydrogens (tertiary/aromatic N) is 1. The van der Waals surface area contributed by atoms with Crippen LogP contribution in [0.25, 0.3) is 16.3 Å². The van der Waals surface area contributed by atoms with Crippen LogP contribution in [0.4, 0.5) is 0 Å². The van der Waals surface area contributed by atoms with Crippen LogP contribution >= 0.6 is 22.9 Å². The minimum absolute atomic E-state index is 0.221. The monoisotopic (exact) mass is 388 g/mol. The van der Waals surface area contributed by atoms with Crippen molar-refractivity contribution in [3.8, 4) is 0 Å². The molecule has 0 saturated carbocycles. The van der Waals surface area contributed by atoms with E-state index >= 15 is 0 Å². The largest absolute Gasteiger partial charge is 0.451 e. The molecule has 1 N–H and O–H groups in total. The molecule has 0 radical (unpaired) electrons. The molecule has 0 fully saturated rings. The lowest BCUT2D eigenvalue weighted by Gasteiger charge is -2.11. The normalized spacial score (nSPS) is 12.6. The average molecular weight is 389 g/mol. The van der Waals surface area contributed by atoms with Gasteiger partial charge in [0.05, 0.1) is 5.39 Å². The lowest BCUT2D eigenvalue weighted by Crippen LogP contribution is -2.16. The number of ether oxygens (including phenoxy) is 1. The molecule has 0 aliphatic carbocycles. The summed E-state index contributed by atoms with van der Waals surface area (Å²) in [6.45, 7) is 5.51. The molecule has 3 aromatic rings. The minimum atomic E-state index is -0.682. The summed E-state index contributed by atoms with van der Waals surface area (Å²) in [6, 6.07) is 7.18. The van der Waals surface area contributed by atoms with Crippen LogP contribution in [0.3, 0.4) is 0 Å². The Morgan fingerprint density at radius 3 is 2.81 bits per heavy atom. The van der Waals surface area contributed by atoms with Gasteiger partial charge in [-0.3, -0.25) is 4.79 Å². The number of rotatable bonds is 4. The summed E-state index contributed by atoms with van der Waals surface area (Å²) in [7, 11) is 0. The molecule has 0 spiro atoms. The maximum Gasteiger partial charge on any atom is 0.331 e. The van der Waals surface area contributed by atoms with E-state index in [1.54, 1.807) is 25.1 Å². The molecule has 2 heterocycles. The molecule has 0 aliphatic rings. The number of esters is 1.